The number of fused-ring (bicyclic) bond motifs is 5. The molecule has 8 nitrogen and oxygen atoms in total. The van der Waals surface area contributed by atoms with E-state index in [-0.39, 0.29) is 30.0 Å². The van der Waals surface area contributed by atoms with Gasteiger partial charge in [-0.05, 0) is 55.9 Å². The van der Waals surface area contributed by atoms with E-state index in [2.05, 4.69) is 10.2 Å². The zero-order valence-corrected chi connectivity index (χ0v) is 27.0. The lowest BCUT2D eigenvalue weighted by molar-refractivity contribution is 0.0748. The number of hydrogen-bond acceptors (Lipinski definition) is 6. The SMILES string of the molecule is O=C1NC(=O)c2c1c(-c1ccccc1Cl)cc1c2c2cc(O)c(OCCCN(C3CCCCC3)C3CCCCC3)cc2n1CCO. The number of ether oxygens (including phenoxy) is 1. The fraction of sp³-hybridized carbons (Fsp3) is 0.459. The number of phenolic OH excluding ortho intramolecular Hbond substituents is 1. The van der Waals surface area contributed by atoms with Gasteiger partial charge >= 0.3 is 0 Å². The average molecular weight is 644 g/mol. The topological polar surface area (TPSA) is 104 Å². The Morgan fingerprint density at radius 3 is 2.22 bits per heavy atom. The third-order valence-corrected chi connectivity index (χ3v) is 10.6. The van der Waals surface area contributed by atoms with Crippen LogP contribution in [-0.2, 0) is 6.54 Å². The van der Waals surface area contributed by atoms with E-state index in [0.717, 1.165) is 13.0 Å². The summed E-state index contributed by atoms with van der Waals surface area (Å²) in [5.74, 6) is -0.651. The summed E-state index contributed by atoms with van der Waals surface area (Å²) >= 11 is 6.57. The van der Waals surface area contributed by atoms with E-state index in [1.54, 1.807) is 18.2 Å². The maximum absolute atomic E-state index is 13.3. The molecular weight excluding hydrogens is 602 g/mol. The van der Waals surface area contributed by atoms with Crippen LogP contribution >= 0.6 is 11.6 Å². The number of rotatable bonds is 10. The molecule has 0 bridgehead atoms. The Kier molecular flexibility index (Phi) is 8.95. The van der Waals surface area contributed by atoms with Gasteiger partial charge in [0.2, 0.25) is 0 Å². The Labute approximate surface area is 274 Å². The Morgan fingerprint density at radius 1 is 0.870 bits per heavy atom. The highest BCUT2D eigenvalue weighted by atomic mass is 35.5. The first kappa shape index (κ1) is 31.0. The first-order valence-electron chi connectivity index (χ1n) is 16.9. The molecule has 1 aromatic heterocycles. The second kappa shape index (κ2) is 13.3. The van der Waals surface area contributed by atoms with Crippen LogP contribution in [-0.4, -0.2) is 63.3 Å². The van der Waals surface area contributed by atoms with E-state index in [1.165, 1.54) is 64.2 Å². The lowest BCUT2D eigenvalue weighted by Crippen LogP contribution is -2.45. The second-order valence-corrected chi connectivity index (χ2v) is 13.5. The number of benzene rings is 3. The maximum Gasteiger partial charge on any atom is 0.259 e. The molecule has 2 fully saturated rings. The summed E-state index contributed by atoms with van der Waals surface area (Å²) in [6, 6.07) is 13.8. The molecular formula is C37H42ClN3O5. The van der Waals surface area contributed by atoms with Crippen LogP contribution in [0.3, 0.4) is 0 Å². The number of aliphatic hydroxyl groups is 1. The van der Waals surface area contributed by atoms with Gasteiger partial charge in [0.25, 0.3) is 11.8 Å². The molecule has 0 atom stereocenters. The molecule has 2 heterocycles. The van der Waals surface area contributed by atoms with Crippen LogP contribution in [0, 0.1) is 0 Å². The Balaban J connectivity index is 1.22. The standard InChI is InChI=1S/C37H42ClN3O5/c38-28-15-8-7-14-25(28)26-20-30-33(35-34(26)36(44)39-37(35)45)27-21-31(43)32(22-29(27)41(30)17-18-42)46-19-9-16-40(23-10-3-1-4-11-23)24-12-5-2-6-13-24/h7-8,14-15,20-24,42-43H,1-6,9-13,16-19H2,(H,39,44,45). The summed E-state index contributed by atoms with van der Waals surface area (Å²) in [6.07, 6.45) is 14.0. The third kappa shape index (κ3) is 5.65. The minimum absolute atomic E-state index is 0.0272. The van der Waals surface area contributed by atoms with Gasteiger partial charge in [-0.3, -0.25) is 19.8 Å². The summed E-state index contributed by atoms with van der Waals surface area (Å²) in [6.45, 7) is 1.57. The molecule has 242 valence electrons. The molecule has 4 aromatic rings. The van der Waals surface area contributed by atoms with Gasteiger partial charge in [0.05, 0.1) is 35.4 Å². The number of nitrogens with one attached hydrogen (secondary N) is 1. The number of amides is 2. The summed E-state index contributed by atoms with van der Waals surface area (Å²) in [7, 11) is 0. The van der Waals surface area contributed by atoms with Crippen molar-refractivity contribution >= 4 is 45.2 Å². The maximum atomic E-state index is 13.3. The lowest BCUT2D eigenvalue weighted by atomic mass is 9.88. The summed E-state index contributed by atoms with van der Waals surface area (Å²) in [5.41, 5.74) is 3.05. The summed E-state index contributed by atoms with van der Waals surface area (Å²) in [5, 5.41) is 25.3. The van der Waals surface area contributed by atoms with Crippen molar-refractivity contribution in [3.63, 3.8) is 0 Å². The van der Waals surface area contributed by atoms with Gasteiger partial charge in [0.15, 0.2) is 11.5 Å². The van der Waals surface area contributed by atoms with Crippen LogP contribution < -0.4 is 10.1 Å². The number of aliphatic hydroxyl groups excluding tert-OH is 1. The average Bonchev–Trinajstić information content (AvgIpc) is 3.53. The molecule has 1 aliphatic heterocycles. The Bertz CT molecular complexity index is 1770. The molecule has 7 rings (SSSR count). The van der Waals surface area contributed by atoms with Gasteiger partial charge in [-0.25, -0.2) is 0 Å². The Morgan fingerprint density at radius 2 is 1.54 bits per heavy atom. The van der Waals surface area contributed by atoms with Gasteiger partial charge in [0.1, 0.15) is 0 Å². The fourth-order valence-corrected chi connectivity index (χ4v) is 8.46. The number of phenols is 1. The van der Waals surface area contributed by atoms with Crippen LogP contribution in [0.2, 0.25) is 5.02 Å². The first-order chi connectivity index (χ1) is 22.5. The number of halogens is 1. The molecule has 46 heavy (non-hydrogen) atoms. The molecule has 3 N–H and O–H groups in total. The second-order valence-electron chi connectivity index (χ2n) is 13.1. The van der Waals surface area contributed by atoms with Crippen molar-refractivity contribution in [2.75, 3.05) is 19.8 Å². The molecule has 3 aliphatic rings. The number of aromatic nitrogens is 1. The molecule has 2 saturated carbocycles. The van der Waals surface area contributed by atoms with Gasteiger partial charge in [-0.1, -0.05) is 68.3 Å². The van der Waals surface area contributed by atoms with Crippen molar-refractivity contribution in [2.24, 2.45) is 0 Å². The normalized spacial score (nSPS) is 17.7. The molecule has 0 unspecified atom stereocenters. The van der Waals surface area contributed by atoms with Crippen molar-refractivity contribution in [3.05, 3.63) is 58.6 Å². The number of nitrogens with zero attached hydrogens (tertiary/aromatic N) is 2. The van der Waals surface area contributed by atoms with E-state index in [9.17, 15) is 19.8 Å². The minimum Gasteiger partial charge on any atom is -0.504 e. The van der Waals surface area contributed by atoms with Crippen molar-refractivity contribution < 1.29 is 24.5 Å². The highest BCUT2D eigenvalue weighted by molar-refractivity contribution is 6.36. The highest BCUT2D eigenvalue weighted by Gasteiger charge is 2.35. The van der Waals surface area contributed by atoms with Gasteiger partial charge in [0, 0.05) is 52.6 Å². The van der Waals surface area contributed by atoms with Crippen LogP contribution in [0.4, 0.5) is 0 Å². The van der Waals surface area contributed by atoms with Gasteiger partial charge < -0.3 is 19.5 Å². The number of carbonyl (C=O) groups excluding carboxylic acids is 2. The molecule has 0 radical (unpaired) electrons. The molecule has 3 aromatic carbocycles. The number of imide groups is 1. The van der Waals surface area contributed by atoms with Crippen molar-refractivity contribution in [1.82, 2.24) is 14.8 Å². The zero-order valence-electron chi connectivity index (χ0n) is 26.2. The molecule has 0 saturated heterocycles. The van der Waals surface area contributed by atoms with Crippen molar-refractivity contribution in [3.8, 4) is 22.6 Å². The van der Waals surface area contributed by atoms with Crippen molar-refractivity contribution in [1.29, 1.82) is 0 Å². The van der Waals surface area contributed by atoms with Crippen LogP contribution in [0.5, 0.6) is 11.5 Å². The molecule has 2 amide bonds. The number of hydrogen-bond donors (Lipinski definition) is 3. The molecule has 0 spiro atoms. The minimum atomic E-state index is -0.498. The highest BCUT2D eigenvalue weighted by Crippen LogP contribution is 2.44. The third-order valence-electron chi connectivity index (χ3n) is 10.3. The lowest BCUT2D eigenvalue weighted by Gasteiger charge is -2.41. The van der Waals surface area contributed by atoms with E-state index in [4.69, 9.17) is 16.3 Å². The van der Waals surface area contributed by atoms with E-state index in [0.29, 0.717) is 62.4 Å². The van der Waals surface area contributed by atoms with E-state index < -0.39 is 11.8 Å². The van der Waals surface area contributed by atoms with Crippen LogP contribution in [0.25, 0.3) is 32.9 Å². The van der Waals surface area contributed by atoms with Crippen LogP contribution in [0.15, 0.2) is 42.5 Å². The van der Waals surface area contributed by atoms with Gasteiger partial charge in [-0.15, -0.1) is 0 Å². The van der Waals surface area contributed by atoms with E-state index in [1.807, 2.05) is 28.8 Å². The largest absolute Gasteiger partial charge is 0.504 e. The smallest absolute Gasteiger partial charge is 0.259 e. The Hall–Kier alpha value is -3.59. The quantitative estimate of drug-likeness (QED) is 0.123. The predicted octanol–water partition coefficient (Wildman–Crippen LogP) is 7.43. The van der Waals surface area contributed by atoms with Crippen molar-refractivity contribution in [2.45, 2.75) is 89.3 Å². The predicted molar refractivity (Wildman–Crippen MR) is 181 cm³/mol. The molecule has 2 aliphatic carbocycles. The summed E-state index contributed by atoms with van der Waals surface area (Å²) in [4.78, 5) is 29.2. The van der Waals surface area contributed by atoms with Gasteiger partial charge in [-0.2, -0.15) is 0 Å². The number of aromatic hydroxyl groups is 1. The first-order valence-corrected chi connectivity index (χ1v) is 17.3. The van der Waals surface area contributed by atoms with Crippen LogP contribution in [0.1, 0.15) is 91.3 Å². The monoisotopic (exact) mass is 643 g/mol. The summed E-state index contributed by atoms with van der Waals surface area (Å²) < 4.78 is 8.15. The number of carbonyl (C=O) groups is 2. The fourth-order valence-electron chi connectivity index (χ4n) is 8.22. The zero-order chi connectivity index (χ0) is 31.8. The molecule has 9 heteroatoms. The van der Waals surface area contributed by atoms with E-state index >= 15 is 0 Å².